The minimum absolute atomic E-state index is 0.119. The van der Waals surface area contributed by atoms with E-state index in [4.69, 9.17) is 11.6 Å². The molecule has 1 saturated heterocycles. The summed E-state index contributed by atoms with van der Waals surface area (Å²) in [5, 5.41) is 5.70. The maximum atomic E-state index is 14.0. The number of benzene rings is 1. The van der Waals surface area contributed by atoms with Gasteiger partial charge in [-0.05, 0) is 18.6 Å². The molecule has 0 bridgehead atoms. The minimum Gasteiger partial charge on any atom is -0.353 e. The third kappa shape index (κ3) is 3.53. The van der Waals surface area contributed by atoms with Gasteiger partial charge >= 0.3 is 0 Å². The molecular weight excluding hydrogens is 295 g/mol. The molecule has 1 atom stereocenters. The fourth-order valence-electron chi connectivity index (χ4n) is 2.47. The van der Waals surface area contributed by atoms with Crippen molar-refractivity contribution in [1.82, 2.24) is 10.6 Å². The van der Waals surface area contributed by atoms with Crippen LogP contribution in [-0.2, 0) is 15.0 Å². The molecule has 1 aliphatic rings. The van der Waals surface area contributed by atoms with Crippen LogP contribution in [0, 0.1) is 5.82 Å². The Morgan fingerprint density at radius 3 is 2.81 bits per heavy atom. The fraction of sp³-hybridized carbons (Fsp3) is 0.467. The maximum Gasteiger partial charge on any atom is 0.242 e. The molecule has 1 heterocycles. The van der Waals surface area contributed by atoms with Crippen LogP contribution in [0.25, 0.3) is 0 Å². The molecule has 1 aliphatic heterocycles. The molecule has 0 saturated carbocycles. The van der Waals surface area contributed by atoms with Gasteiger partial charge in [0, 0.05) is 29.0 Å². The Kier molecular flexibility index (Phi) is 4.52. The number of carbonyl (C=O) groups is 2. The van der Waals surface area contributed by atoms with Crippen molar-refractivity contribution in [2.45, 2.75) is 38.1 Å². The lowest BCUT2D eigenvalue weighted by Gasteiger charge is -2.27. The summed E-state index contributed by atoms with van der Waals surface area (Å²) < 4.78 is 14.0. The second-order valence-electron chi connectivity index (χ2n) is 5.86. The average molecular weight is 313 g/mol. The van der Waals surface area contributed by atoms with Gasteiger partial charge in [-0.25, -0.2) is 4.39 Å². The summed E-state index contributed by atoms with van der Waals surface area (Å²) in [5.74, 6) is -0.760. The fourth-order valence-corrected chi connectivity index (χ4v) is 2.89. The number of hydrogen-bond donors (Lipinski definition) is 2. The highest BCUT2D eigenvalue weighted by Crippen LogP contribution is 2.31. The molecule has 0 unspecified atom stereocenters. The van der Waals surface area contributed by atoms with E-state index in [9.17, 15) is 14.0 Å². The predicted molar refractivity (Wildman–Crippen MR) is 78.6 cm³/mol. The van der Waals surface area contributed by atoms with Crippen molar-refractivity contribution in [2.75, 3.05) is 6.54 Å². The van der Waals surface area contributed by atoms with Crippen LogP contribution in [0.1, 0.15) is 32.3 Å². The zero-order valence-corrected chi connectivity index (χ0v) is 12.8. The van der Waals surface area contributed by atoms with E-state index in [0.29, 0.717) is 23.4 Å². The van der Waals surface area contributed by atoms with Crippen LogP contribution in [0.3, 0.4) is 0 Å². The molecule has 6 heteroatoms. The summed E-state index contributed by atoms with van der Waals surface area (Å²) in [6, 6.07) is 4.02. The highest BCUT2D eigenvalue weighted by atomic mass is 35.5. The van der Waals surface area contributed by atoms with E-state index in [1.54, 1.807) is 12.1 Å². The maximum absolute atomic E-state index is 14.0. The topological polar surface area (TPSA) is 58.2 Å². The highest BCUT2D eigenvalue weighted by Gasteiger charge is 2.31. The van der Waals surface area contributed by atoms with Crippen molar-refractivity contribution in [2.24, 2.45) is 0 Å². The molecule has 0 radical (unpaired) electrons. The molecule has 4 nitrogen and oxygen atoms in total. The zero-order valence-electron chi connectivity index (χ0n) is 12.0. The van der Waals surface area contributed by atoms with Crippen molar-refractivity contribution in [3.05, 3.63) is 34.6 Å². The van der Waals surface area contributed by atoms with E-state index < -0.39 is 17.3 Å². The van der Waals surface area contributed by atoms with E-state index in [1.807, 2.05) is 13.8 Å². The third-order valence-electron chi connectivity index (χ3n) is 3.66. The monoisotopic (exact) mass is 312 g/mol. The van der Waals surface area contributed by atoms with Gasteiger partial charge in [-0.1, -0.05) is 31.5 Å². The van der Waals surface area contributed by atoms with Gasteiger partial charge in [-0.2, -0.15) is 0 Å². The first-order valence-electron chi connectivity index (χ1n) is 6.83. The second-order valence-corrected chi connectivity index (χ2v) is 6.26. The van der Waals surface area contributed by atoms with Crippen LogP contribution >= 0.6 is 11.6 Å². The van der Waals surface area contributed by atoms with Gasteiger partial charge in [0.15, 0.2) is 0 Å². The molecule has 1 aromatic carbocycles. The van der Waals surface area contributed by atoms with E-state index >= 15 is 0 Å². The van der Waals surface area contributed by atoms with E-state index in [-0.39, 0.29) is 18.4 Å². The lowest BCUT2D eigenvalue weighted by molar-refractivity contribution is -0.125. The Balaban J connectivity index is 2.04. The van der Waals surface area contributed by atoms with Crippen molar-refractivity contribution < 1.29 is 14.0 Å². The summed E-state index contributed by atoms with van der Waals surface area (Å²) in [7, 11) is 0. The standard InChI is InChI=1S/C15H18ClFN2O2/c1-15(2,13-9(16)4-3-5-10(13)17)8-18-14(21)11-6-7-12(20)19-11/h3-5,11H,6-8H2,1-2H3,(H,18,21)(H,19,20)/t11-/m1/s1. The Hall–Kier alpha value is -1.62. The highest BCUT2D eigenvalue weighted by molar-refractivity contribution is 6.31. The number of hydrogen-bond acceptors (Lipinski definition) is 2. The molecule has 0 aromatic heterocycles. The number of nitrogens with one attached hydrogen (secondary N) is 2. The number of halogens is 2. The average Bonchev–Trinajstić information content (AvgIpc) is 2.82. The second kappa shape index (κ2) is 6.02. The Morgan fingerprint density at radius 2 is 2.24 bits per heavy atom. The minimum atomic E-state index is -0.652. The molecule has 0 aliphatic carbocycles. The van der Waals surface area contributed by atoms with Crippen LogP contribution in [0.15, 0.2) is 18.2 Å². The normalized spacial score (nSPS) is 18.5. The number of amides is 2. The molecule has 2 amide bonds. The molecule has 0 spiro atoms. The Labute approximate surface area is 128 Å². The van der Waals surface area contributed by atoms with E-state index in [2.05, 4.69) is 10.6 Å². The smallest absolute Gasteiger partial charge is 0.242 e. The third-order valence-corrected chi connectivity index (χ3v) is 3.97. The van der Waals surface area contributed by atoms with Crippen LogP contribution in [0.5, 0.6) is 0 Å². The predicted octanol–water partition coefficient (Wildman–Crippen LogP) is 2.15. The SMILES string of the molecule is CC(C)(CNC(=O)[C@H]1CCC(=O)N1)c1c(F)cccc1Cl. The first-order valence-corrected chi connectivity index (χ1v) is 7.20. The largest absolute Gasteiger partial charge is 0.353 e. The van der Waals surface area contributed by atoms with Gasteiger partial charge in [0.05, 0.1) is 0 Å². The van der Waals surface area contributed by atoms with Crippen molar-refractivity contribution in [3.63, 3.8) is 0 Å². The van der Waals surface area contributed by atoms with Crippen molar-refractivity contribution >= 4 is 23.4 Å². The molecule has 114 valence electrons. The molecule has 21 heavy (non-hydrogen) atoms. The van der Waals surface area contributed by atoms with Crippen molar-refractivity contribution in [1.29, 1.82) is 0 Å². The van der Waals surface area contributed by atoms with Gasteiger partial charge in [0.25, 0.3) is 0 Å². The van der Waals surface area contributed by atoms with Gasteiger partial charge in [0.1, 0.15) is 11.9 Å². The lowest BCUT2D eigenvalue weighted by Crippen LogP contribution is -2.46. The summed E-state index contributed by atoms with van der Waals surface area (Å²) in [6.07, 6.45) is 0.853. The Morgan fingerprint density at radius 1 is 1.52 bits per heavy atom. The molecular formula is C15H18ClFN2O2. The molecule has 2 rings (SSSR count). The van der Waals surface area contributed by atoms with Crippen LogP contribution in [-0.4, -0.2) is 24.4 Å². The molecule has 2 N–H and O–H groups in total. The van der Waals surface area contributed by atoms with Gasteiger partial charge in [-0.15, -0.1) is 0 Å². The lowest BCUT2D eigenvalue weighted by atomic mass is 9.84. The zero-order chi connectivity index (χ0) is 15.6. The number of rotatable bonds is 4. The van der Waals surface area contributed by atoms with Gasteiger partial charge < -0.3 is 10.6 Å². The summed E-state index contributed by atoms with van der Waals surface area (Å²) in [6.45, 7) is 3.86. The first kappa shape index (κ1) is 15.8. The van der Waals surface area contributed by atoms with E-state index in [0.717, 1.165) is 0 Å². The van der Waals surface area contributed by atoms with Crippen LogP contribution in [0.2, 0.25) is 5.02 Å². The first-order chi connectivity index (χ1) is 9.81. The Bertz CT molecular complexity index is 555. The van der Waals surface area contributed by atoms with Gasteiger partial charge in [-0.3, -0.25) is 9.59 Å². The molecule has 1 fully saturated rings. The van der Waals surface area contributed by atoms with Crippen LogP contribution in [0.4, 0.5) is 4.39 Å². The quantitative estimate of drug-likeness (QED) is 0.895. The van der Waals surface area contributed by atoms with E-state index in [1.165, 1.54) is 6.07 Å². The van der Waals surface area contributed by atoms with Gasteiger partial charge in [0.2, 0.25) is 11.8 Å². The summed E-state index contributed by atoms with van der Waals surface area (Å²) in [4.78, 5) is 23.1. The number of carbonyl (C=O) groups excluding carboxylic acids is 2. The van der Waals surface area contributed by atoms with Crippen molar-refractivity contribution in [3.8, 4) is 0 Å². The summed E-state index contributed by atoms with van der Waals surface area (Å²) in [5.41, 5.74) is -0.275. The summed E-state index contributed by atoms with van der Waals surface area (Å²) >= 11 is 6.07. The van der Waals surface area contributed by atoms with Crippen LogP contribution < -0.4 is 10.6 Å². The molecule has 1 aromatic rings.